The molecule has 0 saturated carbocycles. The van der Waals surface area contributed by atoms with Crippen LogP contribution >= 0.6 is 12.2 Å². The van der Waals surface area contributed by atoms with Crippen LogP contribution in [-0.4, -0.2) is 9.97 Å². The molecule has 0 bridgehead atoms. The highest BCUT2D eigenvalue weighted by Crippen LogP contribution is 2.23. The molecule has 4 heterocycles. The highest BCUT2D eigenvalue weighted by atomic mass is 33.2. The van der Waals surface area contributed by atoms with Gasteiger partial charge in [-0.2, -0.15) is 0 Å². The highest BCUT2D eigenvalue weighted by molar-refractivity contribution is 8.51. The van der Waals surface area contributed by atoms with Gasteiger partial charge < -0.3 is 8.83 Å². The van der Waals surface area contributed by atoms with Crippen molar-refractivity contribution < 1.29 is 8.83 Å². The molecule has 0 aliphatic carbocycles. The van der Waals surface area contributed by atoms with Crippen molar-refractivity contribution in [1.29, 1.82) is 0 Å². The van der Waals surface area contributed by atoms with Gasteiger partial charge in [-0.15, -0.1) is 0 Å². The zero-order valence-corrected chi connectivity index (χ0v) is 21.3. The number of rotatable bonds is 0. The normalized spacial score (nSPS) is 9.94. The van der Waals surface area contributed by atoms with Gasteiger partial charge in [0.2, 0.25) is 5.43 Å². The Balaban J connectivity index is 0.000000166. The van der Waals surface area contributed by atoms with Gasteiger partial charge in [-0.25, -0.2) is 4.98 Å². The van der Waals surface area contributed by atoms with E-state index >= 15 is 0 Å². The molecule has 0 aliphatic rings. The molecule has 0 saturated heterocycles. The molecule has 5 nitrogen and oxygen atoms in total. The van der Waals surface area contributed by atoms with E-state index in [-0.39, 0.29) is 12.9 Å². The second-order valence-corrected chi connectivity index (χ2v) is 10.6. The molecule has 2 aromatic carbocycles. The molecular weight excluding hydrogens is 537 g/mol. The molecule has 6 rings (SSSR count). The first-order valence-corrected chi connectivity index (χ1v) is 14.2. The Morgan fingerprint density at radius 1 is 0.629 bits per heavy atom. The van der Waals surface area contributed by atoms with Gasteiger partial charge in [0.15, 0.2) is 16.7 Å². The van der Waals surface area contributed by atoms with Crippen LogP contribution in [-0.2, 0) is 40.1 Å². The van der Waals surface area contributed by atoms with E-state index in [2.05, 4.69) is 32.3 Å². The molecule has 0 atom stereocenters. The number of aromatic nitrogens is 2. The minimum Gasteiger partial charge on any atom is -0.454 e. The van der Waals surface area contributed by atoms with Crippen molar-refractivity contribution in [2.75, 3.05) is 0 Å². The van der Waals surface area contributed by atoms with Crippen LogP contribution in [0.2, 0.25) is 0 Å². The lowest BCUT2D eigenvalue weighted by Crippen LogP contribution is -2.03. The van der Waals surface area contributed by atoms with E-state index in [1.807, 2.05) is 48.5 Å². The SMILES string of the molecule is C.O=c1c2ccccc2oc2cccnc12.S=S=S=S.S=c1c2ccccc2oc2cccnc12. The van der Waals surface area contributed by atoms with E-state index in [0.29, 0.717) is 22.1 Å². The van der Waals surface area contributed by atoms with Crippen molar-refractivity contribution in [3.63, 3.8) is 0 Å². The van der Waals surface area contributed by atoms with E-state index in [4.69, 9.17) is 21.1 Å². The first-order chi connectivity index (χ1) is 16.6. The van der Waals surface area contributed by atoms with Crippen LogP contribution in [0.1, 0.15) is 7.43 Å². The van der Waals surface area contributed by atoms with Gasteiger partial charge in [0.05, 0.1) is 9.90 Å². The van der Waals surface area contributed by atoms with Crippen LogP contribution in [0.25, 0.3) is 44.1 Å². The molecule has 6 aromatic rings. The fraction of sp³-hybridized carbons (Fsp3) is 0.0400. The third-order valence-electron chi connectivity index (χ3n) is 4.70. The summed E-state index contributed by atoms with van der Waals surface area (Å²) in [5.41, 5.74) is 3.74. The topological polar surface area (TPSA) is 69.1 Å². The summed E-state index contributed by atoms with van der Waals surface area (Å²) >= 11 is 14.0. The molecule has 0 N–H and O–H groups in total. The summed E-state index contributed by atoms with van der Waals surface area (Å²) < 4.78 is 12.0. The number of hydrogen-bond acceptors (Lipinski definition) is 8. The minimum atomic E-state index is -0.0764. The Morgan fingerprint density at radius 2 is 1.09 bits per heavy atom. The van der Waals surface area contributed by atoms with Gasteiger partial charge in [-0.3, -0.25) is 9.78 Å². The number of hydrogen-bond donors (Lipinski definition) is 0. The van der Waals surface area contributed by atoms with Crippen LogP contribution in [0.3, 0.4) is 0 Å². The molecule has 0 aliphatic heterocycles. The van der Waals surface area contributed by atoms with Crippen LogP contribution in [0, 0.1) is 4.51 Å². The summed E-state index contributed by atoms with van der Waals surface area (Å²) in [5, 5.41) is 1.52. The maximum Gasteiger partial charge on any atom is 0.218 e. The lowest BCUT2D eigenvalue weighted by atomic mass is 10.2. The first-order valence-electron chi connectivity index (χ1n) is 9.75. The van der Waals surface area contributed by atoms with Gasteiger partial charge in [0.1, 0.15) is 16.7 Å². The van der Waals surface area contributed by atoms with Gasteiger partial charge in [0, 0.05) is 57.9 Å². The first kappa shape index (κ1) is 26.6. The van der Waals surface area contributed by atoms with Crippen LogP contribution in [0.5, 0.6) is 0 Å². The average Bonchev–Trinajstić information content (AvgIpc) is 2.90. The molecule has 0 spiro atoms. The van der Waals surface area contributed by atoms with Gasteiger partial charge in [0.25, 0.3) is 0 Å². The Bertz CT molecular complexity index is 1590. The van der Waals surface area contributed by atoms with E-state index < -0.39 is 0 Å². The van der Waals surface area contributed by atoms with Gasteiger partial charge >= 0.3 is 0 Å². The third kappa shape index (κ3) is 5.98. The number of fused-ring (bicyclic) bond motifs is 4. The van der Waals surface area contributed by atoms with Crippen molar-refractivity contribution in [3.05, 3.63) is 99.9 Å². The maximum atomic E-state index is 12.0. The Morgan fingerprint density at radius 3 is 1.69 bits per heavy atom. The molecule has 10 heteroatoms. The molecule has 0 fully saturated rings. The molecule has 0 unspecified atom stereocenters. The maximum absolute atomic E-state index is 12.0. The smallest absolute Gasteiger partial charge is 0.218 e. The van der Waals surface area contributed by atoms with E-state index in [9.17, 15) is 4.79 Å². The van der Waals surface area contributed by atoms with Crippen LogP contribution in [0.15, 0.2) is 98.8 Å². The molecule has 176 valence electrons. The number of benzene rings is 2. The van der Waals surface area contributed by atoms with E-state index in [1.54, 1.807) is 36.7 Å². The quantitative estimate of drug-likeness (QED) is 0.152. The zero-order valence-electron chi connectivity index (χ0n) is 17.2. The molecule has 4 aromatic heterocycles. The summed E-state index contributed by atoms with van der Waals surface area (Å²) in [5.74, 6) is 0. The molecule has 35 heavy (non-hydrogen) atoms. The third-order valence-corrected chi connectivity index (χ3v) is 7.34. The molecule has 0 amide bonds. The van der Waals surface area contributed by atoms with Crippen molar-refractivity contribution >= 4 is 96.5 Å². The van der Waals surface area contributed by atoms with Gasteiger partial charge in [-0.1, -0.05) is 43.9 Å². The van der Waals surface area contributed by atoms with Crippen LogP contribution < -0.4 is 5.43 Å². The van der Waals surface area contributed by atoms with E-state index in [1.165, 1.54) is 17.8 Å². The van der Waals surface area contributed by atoms with Gasteiger partial charge in [-0.05, 0) is 48.5 Å². The van der Waals surface area contributed by atoms with E-state index in [0.717, 1.165) is 26.6 Å². The Kier molecular flexibility index (Phi) is 9.58. The second-order valence-electron chi connectivity index (χ2n) is 6.69. The number of nitrogens with zero attached hydrogens (tertiary/aromatic N) is 2. The Hall–Kier alpha value is -3.02. The van der Waals surface area contributed by atoms with Crippen molar-refractivity contribution in [2.24, 2.45) is 0 Å². The van der Waals surface area contributed by atoms with Crippen molar-refractivity contribution in [2.45, 2.75) is 7.43 Å². The summed E-state index contributed by atoms with van der Waals surface area (Å²) in [4.78, 5) is 20.2. The predicted octanol–water partition coefficient (Wildman–Crippen LogP) is 6.68. The largest absolute Gasteiger partial charge is 0.454 e. The van der Waals surface area contributed by atoms with Crippen molar-refractivity contribution in [3.8, 4) is 0 Å². The lowest BCUT2D eigenvalue weighted by Gasteiger charge is -2.00. The minimum absolute atomic E-state index is 0. The second kappa shape index (κ2) is 12.6. The summed E-state index contributed by atoms with van der Waals surface area (Å²) in [7, 11) is 2.34. The summed E-state index contributed by atoms with van der Waals surface area (Å²) in [6.45, 7) is 0. The predicted molar refractivity (Wildman–Crippen MR) is 156 cm³/mol. The number of pyridine rings is 2. The molecular formula is C25H18N2O3S5. The average molecular weight is 555 g/mol. The fourth-order valence-electron chi connectivity index (χ4n) is 3.27. The Labute approximate surface area is 221 Å². The highest BCUT2D eigenvalue weighted by Gasteiger charge is 2.06. The lowest BCUT2D eigenvalue weighted by molar-refractivity contribution is 0.658. The van der Waals surface area contributed by atoms with Crippen LogP contribution in [0.4, 0.5) is 0 Å². The standard InChI is InChI=1S/C12H7NO2.C12H7NOS.CH4.S4/c14-12-8-4-1-2-5-9(8)15-10-6-3-7-13-11(10)12;15-12-8-4-1-2-5-9(8)14-10-6-3-7-13-11(10)12;;1-3-4-2/h2*1-7H;1H4;. The monoisotopic (exact) mass is 554 g/mol. The zero-order chi connectivity index (χ0) is 23.9. The fourth-order valence-corrected chi connectivity index (χ4v) is 3.59. The molecule has 0 radical (unpaired) electrons. The van der Waals surface area contributed by atoms with Crippen molar-refractivity contribution in [1.82, 2.24) is 9.97 Å². The number of para-hydroxylation sites is 2. The summed E-state index contributed by atoms with van der Waals surface area (Å²) in [6, 6.07) is 22.1. The summed E-state index contributed by atoms with van der Waals surface area (Å²) in [6.07, 6.45) is 3.32.